The van der Waals surface area contributed by atoms with E-state index in [0.717, 1.165) is 22.6 Å². The standard InChI is InChI=1S/C23H22N8/c1-16(17-12-14-18(24)15-13-17)30-31-23-28-21(25-19-8-4-2-5-9-19)27-22(29-23)26-20-10-6-3-7-11-20/h2-15H,24H2,1H3,(H3,25,26,27,28,29,31)/b30-16+. The number of nitrogens with zero attached hydrogens (tertiary/aromatic N) is 4. The van der Waals surface area contributed by atoms with Crippen molar-refractivity contribution in [2.24, 2.45) is 5.10 Å². The SMILES string of the molecule is C/C(=N\Nc1nc(Nc2ccccc2)nc(Nc2ccccc2)n1)c1ccc(N)cc1. The highest BCUT2D eigenvalue weighted by Gasteiger charge is 2.08. The van der Waals surface area contributed by atoms with E-state index < -0.39 is 0 Å². The molecule has 0 saturated heterocycles. The Kier molecular flexibility index (Phi) is 5.99. The van der Waals surface area contributed by atoms with Crippen LogP contribution in [0.15, 0.2) is 90.0 Å². The molecule has 0 saturated carbocycles. The van der Waals surface area contributed by atoms with Crippen molar-refractivity contribution in [3.05, 3.63) is 90.5 Å². The van der Waals surface area contributed by atoms with Gasteiger partial charge in [-0.15, -0.1) is 0 Å². The molecule has 0 aliphatic rings. The monoisotopic (exact) mass is 410 g/mol. The van der Waals surface area contributed by atoms with E-state index in [1.165, 1.54) is 0 Å². The first kappa shape index (κ1) is 19.8. The van der Waals surface area contributed by atoms with Crippen LogP contribution in [0.4, 0.5) is 34.9 Å². The van der Waals surface area contributed by atoms with Crippen LogP contribution in [-0.2, 0) is 0 Å². The lowest BCUT2D eigenvalue weighted by Crippen LogP contribution is -2.08. The Bertz CT molecular complexity index is 1100. The minimum atomic E-state index is 0.307. The first-order valence-corrected chi connectivity index (χ1v) is 9.72. The maximum atomic E-state index is 5.76. The lowest BCUT2D eigenvalue weighted by molar-refractivity contribution is 1.04. The summed E-state index contributed by atoms with van der Waals surface area (Å²) in [4.78, 5) is 13.3. The predicted molar refractivity (Wildman–Crippen MR) is 126 cm³/mol. The molecule has 0 unspecified atom stereocenters. The van der Waals surface area contributed by atoms with Gasteiger partial charge in [0.15, 0.2) is 0 Å². The van der Waals surface area contributed by atoms with Gasteiger partial charge in [0.1, 0.15) is 0 Å². The molecule has 0 bridgehead atoms. The number of nitrogens with one attached hydrogen (secondary N) is 3. The van der Waals surface area contributed by atoms with Crippen LogP contribution in [0, 0.1) is 0 Å². The first-order valence-electron chi connectivity index (χ1n) is 9.72. The Morgan fingerprint density at radius 1 is 0.677 bits per heavy atom. The van der Waals surface area contributed by atoms with Crippen LogP contribution in [0.1, 0.15) is 12.5 Å². The van der Waals surface area contributed by atoms with Crippen molar-refractivity contribution in [1.82, 2.24) is 15.0 Å². The number of anilines is 6. The normalized spacial score (nSPS) is 11.1. The van der Waals surface area contributed by atoms with Gasteiger partial charge in [-0.3, -0.25) is 0 Å². The van der Waals surface area contributed by atoms with Crippen LogP contribution in [0.5, 0.6) is 0 Å². The van der Waals surface area contributed by atoms with E-state index in [9.17, 15) is 0 Å². The van der Waals surface area contributed by atoms with Crippen molar-refractivity contribution < 1.29 is 0 Å². The average molecular weight is 410 g/mol. The molecule has 0 atom stereocenters. The van der Waals surface area contributed by atoms with Gasteiger partial charge in [0, 0.05) is 17.1 Å². The Balaban J connectivity index is 1.60. The van der Waals surface area contributed by atoms with Gasteiger partial charge in [-0.05, 0) is 48.9 Å². The summed E-state index contributed by atoms with van der Waals surface area (Å²) < 4.78 is 0. The summed E-state index contributed by atoms with van der Waals surface area (Å²) in [5, 5.41) is 10.8. The van der Waals surface area contributed by atoms with E-state index >= 15 is 0 Å². The quantitative estimate of drug-likeness (QED) is 0.197. The van der Waals surface area contributed by atoms with E-state index in [-0.39, 0.29) is 0 Å². The fourth-order valence-electron chi connectivity index (χ4n) is 2.76. The van der Waals surface area contributed by atoms with E-state index in [4.69, 9.17) is 5.73 Å². The van der Waals surface area contributed by atoms with Gasteiger partial charge in [0.2, 0.25) is 17.8 Å². The number of para-hydroxylation sites is 2. The highest BCUT2D eigenvalue weighted by molar-refractivity contribution is 5.99. The summed E-state index contributed by atoms with van der Waals surface area (Å²) in [5.74, 6) is 1.09. The fourth-order valence-corrected chi connectivity index (χ4v) is 2.76. The molecule has 8 nitrogen and oxygen atoms in total. The van der Waals surface area contributed by atoms with E-state index in [2.05, 4.69) is 36.1 Å². The number of nitrogens with two attached hydrogens (primary N) is 1. The maximum Gasteiger partial charge on any atom is 0.250 e. The number of nitrogen functional groups attached to an aromatic ring is 1. The van der Waals surface area contributed by atoms with Crippen molar-refractivity contribution in [3.8, 4) is 0 Å². The fraction of sp³-hybridized carbons (Fsp3) is 0.0435. The van der Waals surface area contributed by atoms with Crippen LogP contribution in [0.2, 0.25) is 0 Å². The molecular weight excluding hydrogens is 388 g/mol. The van der Waals surface area contributed by atoms with Gasteiger partial charge in [0.05, 0.1) is 5.71 Å². The van der Waals surface area contributed by atoms with Gasteiger partial charge >= 0.3 is 0 Å². The molecule has 154 valence electrons. The topological polar surface area (TPSA) is 113 Å². The molecule has 0 spiro atoms. The maximum absolute atomic E-state index is 5.76. The number of aromatic nitrogens is 3. The molecule has 4 aromatic rings. The van der Waals surface area contributed by atoms with Gasteiger partial charge < -0.3 is 16.4 Å². The zero-order valence-corrected chi connectivity index (χ0v) is 16.9. The minimum Gasteiger partial charge on any atom is -0.399 e. The second kappa shape index (κ2) is 9.36. The summed E-state index contributed by atoms with van der Waals surface area (Å²) in [6.45, 7) is 1.89. The molecule has 1 heterocycles. The van der Waals surface area contributed by atoms with Crippen LogP contribution in [0.25, 0.3) is 0 Å². The lowest BCUT2D eigenvalue weighted by atomic mass is 10.1. The molecular formula is C23H22N8. The van der Waals surface area contributed by atoms with E-state index in [1.807, 2.05) is 91.9 Å². The molecule has 0 radical (unpaired) electrons. The molecule has 3 aromatic carbocycles. The van der Waals surface area contributed by atoms with Crippen molar-refractivity contribution in [3.63, 3.8) is 0 Å². The second-order valence-electron chi connectivity index (χ2n) is 6.72. The summed E-state index contributed by atoms with van der Waals surface area (Å²) in [7, 11) is 0. The van der Waals surface area contributed by atoms with Gasteiger partial charge in [0.25, 0.3) is 0 Å². The van der Waals surface area contributed by atoms with Crippen molar-refractivity contribution >= 4 is 40.6 Å². The zero-order valence-electron chi connectivity index (χ0n) is 16.9. The Morgan fingerprint density at radius 2 is 1.16 bits per heavy atom. The van der Waals surface area contributed by atoms with Crippen molar-refractivity contribution in [2.45, 2.75) is 6.92 Å². The lowest BCUT2D eigenvalue weighted by Gasteiger charge is -2.10. The Hall–Kier alpha value is -4.46. The van der Waals surface area contributed by atoms with Gasteiger partial charge in [-0.25, -0.2) is 5.43 Å². The zero-order chi connectivity index (χ0) is 21.5. The highest BCUT2D eigenvalue weighted by atomic mass is 15.4. The van der Waals surface area contributed by atoms with Crippen LogP contribution in [-0.4, -0.2) is 20.7 Å². The predicted octanol–water partition coefficient (Wildman–Crippen LogP) is 4.78. The average Bonchev–Trinajstić information content (AvgIpc) is 2.79. The molecule has 5 N–H and O–H groups in total. The molecule has 0 fully saturated rings. The molecule has 4 rings (SSSR count). The molecule has 31 heavy (non-hydrogen) atoms. The third-order valence-electron chi connectivity index (χ3n) is 4.35. The minimum absolute atomic E-state index is 0.307. The summed E-state index contributed by atoms with van der Waals surface area (Å²) in [6.07, 6.45) is 0. The summed E-state index contributed by atoms with van der Waals surface area (Å²) >= 11 is 0. The van der Waals surface area contributed by atoms with Crippen molar-refractivity contribution in [1.29, 1.82) is 0 Å². The highest BCUT2D eigenvalue weighted by Crippen LogP contribution is 2.18. The third kappa shape index (κ3) is 5.54. The second-order valence-corrected chi connectivity index (χ2v) is 6.72. The number of rotatable bonds is 7. The largest absolute Gasteiger partial charge is 0.399 e. The van der Waals surface area contributed by atoms with Gasteiger partial charge in [-0.1, -0.05) is 48.5 Å². The third-order valence-corrected chi connectivity index (χ3v) is 4.35. The van der Waals surface area contributed by atoms with Crippen LogP contribution < -0.4 is 21.8 Å². The van der Waals surface area contributed by atoms with E-state index in [1.54, 1.807) is 0 Å². The first-order chi connectivity index (χ1) is 15.2. The molecule has 8 heteroatoms. The molecule has 0 amide bonds. The van der Waals surface area contributed by atoms with Crippen molar-refractivity contribution in [2.75, 3.05) is 21.8 Å². The number of hydrazone groups is 1. The Morgan fingerprint density at radius 3 is 1.68 bits per heavy atom. The number of hydrogen-bond acceptors (Lipinski definition) is 8. The molecule has 0 aliphatic heterocycles. The van der Waals surface area contributed by atoms with Gasteiger partial charge in [-0.2, -0.15) is 20.1 Å². The Labute approximate surface area is 180 Å². The summed E-state index contributed by atoms with van der Waals surface area (Å²) in [5.41, 5.74) is 12.8. The number of benzene rings is 3. The van der Waals surface area contributed by atoms with Crippen LogP contribution >= 0.6 is 0 Å². The molecule has 0 aliphatic carbocycles. The number of hydrogen-bond donors (Lipinski definition) is 4. The smallest absolute Gasteiger partial charge is 0.250 e. The van der Waals surface area contributed by atoms with E-state index in [0.29, 0.717) is 23.5 Å². The molecule has 1 aromatic heterocycles. The van der Waals surface area contributed by atoms with Crippen LogP contribution in [0.3, 0.4) is 0 Å². The summed E-state index contributed by atoms with van der Waals surface area (Å²) in [6, 6.07) is 26.9.